The molecule has 0 bridgehead atoms. The van der Waals surface area contributed by atoms with Gasteiger partial charge in [0.2, 0.25) is 0 Å². The lowest BCUT2D eigenvalue weighted by molar-refractivity contribution is 0.0996. The van der Waals surface area contributed by atoms with Gasteiger partial charge >= 0.3 is 0 Å². The third kappa shape index (κ3) is 2.35. The first-order chi connectivity index (χ1) is 7.74. The maximum atomic E-state index is 11.9. The third-order valence-corrected chi connectivity index (χ3v) is 2.33. The van der Waals surface area contributed by atoms with Crippen LogP contribution < -0.4 is 5.43 Å². The number of rotatable bonds is 2. The molecular formula is C12H9ClN2O2. The Morgan fingerprint density at radius 3 is 2.76 bits per heavy atom. The van der Waals surface area contributed by atoms with Crippen LogP contribution in [0.2, 0.25) is 0 Å². The minimum Gasteiger partial charge on any atom is -0.360 e. The summed E-state index contributed by atoms with van der Waals surface area (Å²) >= 11 is 0. The number of Topliss-reactive ketones (excluding diaryl/α,β-unsaturated/α-hetero) is 1. The predicted octanol–water partition coefficient (Wildman–Crippen LogP) is 2.05. The maximum Gasteiger partial charge on any atom is 0.200 e. The molecule has 0 unspecified atom stereocenters. The van der Waals surface area contributed by atoms with Crippen LogP contribution in [0.4, 0.5) is 0 Å². The molecule has 1 heterocycles. The Hall–Kier alpha value is -2.12. The number of aromatic nitrogens is 1. The lowest BCUT2D eigenvalue weighted by atomic mass is 10.1. The molecule has 0 amide bonds. The zero-order valence-corrected chi connectivity index (χ0v) is 9.58. The molecular weight excluding hydrogens is 240 g/mol. The monoisotopic (exact) mass is 248 g/mol. The van der Waals surface area contributed by atoms with Gasteiger partial charge in [-0.05, 0) is 12.1 Å². The summed E-state index contributed by atoms with van der Waals surface area (Å²) in [6.07, 6.45) is 1.09. The van der Waals surface area contributed by atoms with Gasteiger partial charge in [0.1, 0.15) is 0 Å². The number of ketones is 1. The number of hydrogen-bond donors (Lipinski definition) is 1. The van der Waals surface area contributed by atoms with Crippen LogP contribution in [-0.2, 0) is 0 Å². The Morgan fingerprint density at radius 1 is 1.35 bits per heavy atom. The van der Waals surface area contributed by atoms with Crippen molar-refractivity contribution in [2.75, 3.05) is 0 Å². The molecule has 0 atom stereocenters. The Balaban J connectivity index is 0.00000144. The SMILES string of the molecule is Cl.N#CCC(=O)c1c[nH]c2ccccc2c1=O. The van der Waals surface area contributed by atoms with Crippen molar-refractivity contribution in [2.45, 2.75) is 6.42 Å². The van der Waals surface area contributed by atoms with Gasteiger partial charge < -0.3 is 4.98 Å². The molecule has 2 rings (SSSR count). The summed E-state index contributed by atoms with van der Waals surface area (Å²) in [5.74, 6) is -0.450. The molecule has 0 radical (unpaired) electrons. The van der Waals surface area contributed by atoms with Crippen molar-refractivity contribution in [3.8, 4) is 6.07 Å². The zero-order chi connectivity index (χ0) is 11.5. The largest absolute Gasteiger partial charge is 0.360 e. The fraction of sp³-hybridized carbons (Fsp3) is 0.0833. The highest BCUT2D eigenvalue weighted by atomic mass is 35.5. The number of carbonyl (C=O) groups is 1. The van der Waals surface area contributed by atoms with E-state index in [1.165, 1.54) is 6.20 Å². The van der Waals surface area contributed by atoms with Gasteiger partial charge in [0.15, 0.2) is 11.2 Å². The highest BCUT2D eigenvalue weighted by molar-refractivity contribution is 5.99. The molecule has 1 aromatic heterocycles. The van der Waals surface area contributed by atoms with Gasteiger partial charge in [-0.3, -0.25) is 9.59 Å². The van der Waals surface area contributed by atoms with E-state index in [0.717, 1.165) is 0 Å². The molecule has 0 aliphatic carbocycles. The second-order valence-corrected chi connectivity index (χ2v) is 3.34. The second-order valence-electron chi connectivity index (χ2n) is 3.34. The number of halogens is 1. The average Bonchev–Trinajstić information content (AvgIpc) is 2.30. The van der Waals surface area contributed by atoms with Crippen molar-refractivity contribution in [1.29, 1.82) is 5.26 Å². The van der Waals surface area contributed by atoms with Gasteiger partial charge in [0, 0.05) is 17.1 Å². The van der Waals surface area contributed by atoms with E-state index in [4.69, 9.17) is 5.26 Å². The molecule has 0 spiro atoms. The molecule has 17 heavy (non-hydrogen) atoms. The molecule has 86 valence electrons. The van der Waals surface area contributed by atoms with Crippen molar-refractivity contribution < 1.29 is 4.79 Å². The van der Waals surface area contributed by atoms with Crippen LogP contribution in [0.3, 0.4) is 0 Å². The average molecular weight is 249 g/mol. The number of carbonyl (C=O) groups excluding carboxylic acids is 1. The molecule has 0 aliphatic rings. The van der Waals surface area contributed by atoms with Crippen LogP contribution in [0.25, 0.3) is 10.9 Å². The molecule has 0 saturated carbocycles. The summed E-state index contributed by atoms with van der Waals surface area (Å²) in [5, 5.41) is 8.88. The zero-order valence-electron chi connectivity index (χ0n) is 8.77. The number of para-hydroxylation sites is 1. The lowest BCUT2D eigenvalue weighted by Gasteiger charge is -1.99. The number of nitriles is 1. The van der Waals surface area contributed by atoms with Crippen molar-refractivity contribution in [3.05, 3.63) is 46.2 Å². The van der Waals surface area contributed by atoms with Crippen molar-refractivity contribution in [1.82, 2.24) is 4.98 Å². The third-order valence-electron chi connectivity index (χ3n) is 2.33. The van der Waals surface area contributed by atoms with E-state index in [-0.39, 0.29) is 29.8 Å². The highest BCUT2D eigenvalue weighted by Crippen LogP contribution is 2.07. The number of benzene rings is 1. The molecule has 2 aromatic rings. The Bertz CT molecular complexity index is 655. The lowest BCUT2D eigenvalue weighted by Crippen LogP contribution is -2.15. The summed E-state index contributed by atoms with van der Waals surface area (Å²) < 4.78 is 0. The number of fused-ring (bicyclic) bond motifs is 1. The molecule has 1 N–H and O–H groups in total. The van der Waals surface area contributed by atoms with Crippen LogP contribution in [0, 0.1) is 11.3 Å². The van der Waals surface area contributed by atoms with Gasteiger partial charge in [-0.1, -0.05) is 12.1 Å². The van der Waals surface area contributed by atoms with Gasteiger partial charge in [-0.2, -0.15) is 5.26 Å². The maximum absolute atomic E-state index is 11.9. The fourth-order valence-electron chi connectivity index (χ4n) is 1.54. The minimum atomic E-state index is -0.450. The topological polar surface area (TPSA) is 73.7 Å². The van der Waals surface area contributed by atoms with E-state index >= 15 is 0 Å². The molecule has 0 aliphatic heterocycles. The van der Waals surface area contributed by atoms with Crippen molar-refractivity contribution >= 4 is 29.1 Å². The second kappa shape index (κ2) is 5.28. The van der Waals surface area contributed by atoms with E-state index in [9.17, 15) is 9.59 Å². The van der Waals surface area contributed by atoms with Gasteiger partial charge in [0.05, 0.1) is 18.1 Å². The van der Waals surface area contributed by atoms with Crippen LogP contribution in [-0.4, -0.2) is 10.8 Å². The first kappa shape index (κ1) is 12.9. The predicted molar refractivity (Wildman–Crippen MR) is 66.4 cm³/mol. The van der Waals surface area contributed by atoms with Crippen LogP contribution >= 0.6 is 12.4 Å². The Morgan fingerprint density at radius 2 is 2.06 bits per heavy atom. The number of H-pyrrole nitrogens is 1. The standard InChI is InChI=1S/C12H8N2O2.ClH/c13-6-5-11(15)9-7-14-10-4-2-1-3-8(10)12(9)16;/h1-4,7H,5H2,(H,14,16);1H. The Kier molecular flexibility index (Phi) is 4.02. The van der Waals surface area contributed by atoms with Gasteiger partial charge in [-0.25, -0.2) is 0 Å². The number of hydrogen-bond acceptors (Lipinski definition) is 3. The molecule has 0 saturated heterocycles. The van der Waals surface area contributed by atoms with Crippen molar-refractivity contribution in [3.63, 3.8) is 0 Å². The Labute approximate surface area is 103 Å². The number of nitrogens with zero attached hydrogens (tertiary/aromatic N) is 1. The number of aromatic amines is 1. The summed E-state index contributed by atoms with van der Waals surface area (Å²) in [4.78, 5) is 26.2. The minimum absolute atomic E-state index is 0. The first-order valence-electron chi connectivity index (χ1n) is 4.74. The van der Waals surface area contributed by atoms with Crippen LogP contribution in [0.15, 0.2) is 35.3 Å². The first-order valence-corrected chi connectivity index (χ1v) is 4.74. The van der Waals surface area contributed by atoms with E-state index in [1.807, 2.05) is 0 Å². The fourth-order valence-corrected chi connectivity index (χ4v) is 1.54. The van der Waals surface area contributed by atoms with E-state index in [0.29, 0.717) is 10.9 Å². The van der Waals surface area contributed by atoms with Gasteiger partial charge in [0.25, 0.3) is 0 Å². The molecule has 5 heteroatoms. The van der Waals surface area contributed by atoms with Gasteiger partial charge in [-0.15, -0.1) is 12.4 Å². The van der Waals surface area contributed by atoms with E-state index in [1.54, 1.807) is 30.3 Å². The summed E-state index contributed by atoms with van der Waals surface area (Å²) in [6, 6.07) is 8.68. The normalized spacial score (nSPS) is 9.35. The van der Waals surface area contributed by atoms with Crippen molar-refractivity contribution in [2.24, 2.45) is 0 Å². The summed E-state index contributed by atoms with van der Waals surface area (Å²) in [6.45, 7) is 0. The van der Waals surface area contributed by atoms with E-state index < -0.39 is 5.78 Å². The molecule has 1 aromatic carbocycles. The highest BCUT2D eigenvalue weighted by Gasteiger charge is 2.11. The quantitative estimate of drug-likeness (QED) is 0.827. The number of pyridine rings is 1. The molecule has 0 fully saturated rings. The smallest absolute Gasteiger partial charge is 0.200 e. The van der Waals surface area contributed by atoms with Crippen LogP contribution in [0.1, 0.15) is 16.8 Å². The molecule has 4 nitrogen and oxygen atoms in total. The summed E-state index contributed by atoms with van der Waals surface area (Å²) in [5.41, 5.74) is 0.399. The van der Waals surface area contributed by atoms with E-state index in [2.05, 4.69) is 4.98 Å². The summed E-state index contributed by atoms with van der Waals surface area (Å²) in [7, 11) is 0. The number of nitrogens with one attached hydrogen (secondary N) is 1. The van der Waals surface area contributed by atoms with Crippen LogP contribution in [0.5, 0.6) is 0 Å².